The lowest BCUT2D eigenvalue weighted by Gasteiger charge is -2.18. The summed E-state index contributed by atoms with van der Waals surface area (Å²) in [5, 5.41) is 2.88. The Balaban J connectivity index is 2.17. The molecule has 2 rings (SSSR count). The van der Waals surface area contributed by atoms with E-state index in [0.717, 1.165) is 26.1 Å². The summed E-state index contributed by atoms with van der Waals surface area (Å²) in [6.07, 6.45) is 3.95. The number of halogens is 1. The van der Waals surface area contributed by atoms with Crippen LogP contribution < -0.4 is 10.9 Å². The third-order valence-corrected chi connectivity index (χ3v) is 4.32. The second-order valence-corrected chi connectivity index (χ2v) is 6.13. The maximum atomic E-state index is 13.1. The van der Waals surface area contributed by atoms with Crippen molar-refractivity contribution in [2.24, 2.45) is 0 Å². The Morgan fingerprint density at radius 1 is 1.15 bits per heavy atom. The van der Waals surface area contributed by atoms with Crippen molar-refractivity contribution in [2.45, 2.75) is 20.3 Å². The van der Waals surface area contributed by atoms with Crippen LogP contribution in [-0.4, -0.2) is 41.6 Å². The average Bonchev–Trinajstić information content (AvgIpc) is 2.68. The van der Waals surface area contributed by atoms with E-state index in [1.165, 1.54) is 22.8 Å². The molecule has 0 atom stereocenters. The molecule has 6 heteroatoms. The number of carbonyl (C=O) groups is 1. The molecule has 0 bridgehead atoms. The molecule has 0 aliphatic carbocycles. The molecule has 1 aromatic carbocycles. The van der Waals surface area contributed by atoms with E-state index in [0.29, 0.717) is 12.1 Å². The maximum absolute atomic E-state index is 13.1. The minimum absolute atomic E-state index is 0.204. The van der Waals surface area contributed by atoms with Crippen LogP contribution in [-0.2, 0) is 4.79 Å². The number of amides is 1. The van der Waals surface area contributed by atoms with Crippen LogP contribution in [0.4, 0.5) is 4.39 Å². The zero-order chi connectivity index (χ0) is 19.6. The van der Waals surface area contributed by atoms with Crippen molar-refractivity contribution >= 4 is 17.7 Å². The lowest BCUT2D eigenvalue weighted by Crippen LogP contribution is -2.33. The van der Waals surface area contributed by atoms with Crippen LogP contribution in [0.15, 0.2) is 53.5 Å². The first kappa shape index (κ1) is 20.6. The van der Waals surface area contributed by atoms with Crippen LogP contribution >= 0.6 is 0 Å². The van der Waals surface area contributed by atoms with Gasteiger partial charge in [-0.15, -0.1) is 0 Å². The average molecular weight is 371 g/mol. The molecule has 1 amide bonds. The smallest absolute Gasteiger partial charge is 0.268 e. The van der Waals surface area contributed by atoms with Crippen molar-refractivity contribution in [3.05, 3.63) is 70.4 Å². The van der Waals surface area contributed by atoms with E-state index in [-0.39, 0.29) is 23.0 Å². The van der Waals surface area contributed by atoms with Gasteiger partial charge in [0.1, 0.15) is 11.5 Å². The molecule has 27 heavy (non-hydrogen) atoms. The third kappa shape index (κ3) is 6.18. The Labute approximate surface area is 159 Å². The minimum atomic E-state index is -0.355. The van der Waals surface area contributed by atoms with E-state index in [2.05, 4.69) is 24.1 Å². The van der Waals surface area contributed by atoms with Gasteiger partial charge in [-0.2, -0.15) is 0 Å². The van der Waals surface area contributed by atoms with E-state index >= 15 is 0 Å². The molecular weight excluding hydrogens is 345 g/mol. The monoisotopic (exact) mass is 371 g/mol. The van der Waals surface area contributed by atoms with Crippen molar-refractivity contribution in [3.63, 3.8) is 0 Å². The van der Waals surface area contributed by atoms with Crippen LogP contribution in [0.2, 0.25) is 0 Å². The number of nitrogens with zero attached hydrogens (tertiary/aromatic N) is 2. The lowest BCUT2D eigenvalue weighted by atomic mass is 10.1. The number of carbonyl (C=O) groups excluding carboxylic acids is 1. The highest BCUT2D eigenvalue weighted by Gasteiger charge is 2.13. The highest BCUT2D eigenvalue weighted by Crippen LogP contribution is 2.11. The first-order chi connectivity index (χ1) is 13.0. The quantitative estimate of drug-likeness (QED) is 0.545. The van der Waals surface area contributed by atoms with Gasteiger partial charge in [-0.25, -0.2) is 4.39 Å². The van der Waals surface area contributed by atoms with E-state index in [9.17, 15) is 14.0 Å². The van der Waals surface area contributed by atoms with E-state index < -0.39 is 0 Å². The van der Waals surface area contributed by atoms with Crippen LogP contribution in [0.25, 0.3) is 11.8 Å². The van der Waals surface area contributed by atoms with Crippen LogP contribution in [0.5, 0.6) is 0 Å². The predicted octanol–water partition coefficient (Wildman–Crippen LogP) is 2.83. The summed E-state index contributed by atoms with van der Waals surface area (Å²) >= 11 is 0. The van der Waals surface area contributed by atoms with Gasteiger partial charge in [-0.3, -0.25) is 14.2 Å². The molecule has 0 radical (unpaired) electrons. The first-order valence-electron chi connectivity index (χ1n) is 9.21. The van der Waals surface area contributed by atoms with Gasteiger partial charge in [0.2, 0.25) is 0 Å². The summed E-state index contributed by atoms with van der Waals surface area (Å²) in [6, 6.07) is 10.5. The Morgan fingerprint density at radius 2 is 1.85 bits per heavy atom. The van der Waals surface area contributed by atoms with Gasteiger partial charge in [0, 0.05) is 18.8 Å². The van der Waals surface area contributed by atoms with E-state index in [4.69, 9.17) is 0 Å². The number of benzene rings is 1. The molecule has 0 unspecified atom stereocenters. The molecule has 5 nitrogen and oxygen atoms in total. The Kier molecular flexibility index (Phi) is 7.95. The van der Waals surface area contributed by atoms with Gasteiger partial charge < -0.3 is 10.2 Å². The van der Waals surface area contributed by atoms with Crippen molar-refractivity contribution < 1.29 is 9.18 Å². The van der Waals surface area contributed by atoms with Crippen molar-refractivity contribution in [2.75, 3.05) is 26.2 Å². The second kappa shape index (κ2) is 10.4. The molecule has 0 saturated heterocycles. The molecular formula is C21H26FN3O2. The number of nitrogens with one attached hydrogen (secondary N) is 1. The zero-order valence-corrected chi connectivity index (χ0v) is 15.8. The molecule has 1 aromatic heterocycles. The lowest BCUT2D eigenvalue weighted by molar-refractivity contribution is -0.115. The summed E-state index contributed by atoms with van der Waals surface area (Å²) in [5.41, 5.74) is 0.541. The Morgan fingerprint density at radius 3 is 2.48 bits per heavy atom. The first-order valence-corrected chi connectivity index (χ1v) is 9.21. The van der Waals surface area contributed by atoms with Crippen molar-refractivity contribution in [1.29, 1.82) is 0 Å². The van der Waals surface area contributed by atoms with Gasteiger partial charge in [0.15, 0.2) is 0 Å². The highest BCUT2D eigenvalue weighted by atomic mass is 19.1. The molecule has 0 aliphatic rings. The zero-order valence-electron chi connectivity index (χ0n) is 15.8. The SMILES string of the molecule is CCN(CC)CCCNC(=O)/C(=C\c1ccc(F)cc1)n1ccccc1=O. The molecule has 1 N–H and O–H groups in total. The van der Waals surface area contributed by atoms with Gasteiger partial charge in [0.05, 0.1) is 0 Å². The normalized spacial score (nSPS) is 11.6. The molecule has 2 aromatic rings. The Hall–Kier alpha value is -2.73. The molecule has 1 heterocycles. The van der Waals surface area contributed by atoms with Crippen LogP contribution in [0.1, 0.15) is 25.8 Å². The van der Waals surface area contributed by atoms with Crippen molar-refractivity contribution in [1.82, 2.24) is 14.8 Å². The van der Waals surface area contributed by atoms with Gasteiger partial charge in [-0.1, -0.05) is 32.0 Å². The summed E-state index contributed by atoms with van der Waals surface area (Å²) in [7, 11) is 0. The maximum Gasteiger partial charge on any atom is 0.268 e. The standard InChI is InChI=1S/C21H26FN3O2/c1-3-24(4-2)14-7-13-23-21(27)19(25-15-6-5-8-20(25)26)16-17-9-11-18(22)12-10-17/h5-6,8-12,15-16H,3-4,7,13-14H2,1-2H3,(H,23,27)/b19-16+. The van der Waals surface area contributed by atoms with Gasteiger partial charge in [-0.05, 0) is 55.9 Å². The summed E-state index contributed by atoms with van der Waals surface area (Å²) < 4.78 is 14.4. The molecule has 0 saturated carbocycles. The fourth-order valence-electron chi connectivity index (χ4n) is 2.72. The van der Waals surface area contributed by atoms with Gasteiger partial charge >= 0.3 is 0 Å². The number of aromatic nitrogens is 1. The molecule has 144 valence electrons. The summed E-state index contributed by atoms with van der Waals surface area (Å²) in [5.74, 6) is -0.696. The summed E-state index contributed by atoms with van der Waals surface area (Å²) in [4.78, 5) is 27.2. The van der Waals surface area contributed by atoms with Crippen molar-refractivity contribution in [3.8, 4) is 0 Å². The van der Waals surface area contributed by atoms with Crippen LogP contribution in [0.3, 0.4) is 0 Å². The number of hydrogen-bond donors (Lipinski definition) is 1. The number of rotatable bonds is 9. The second-order valence-electron chi connectivity index (χ2n) is 6.13. The number of hydrogen-bond acceptors (Lipinski definition) is 3. The fraction of sp³-hybridized carbons (Fsp3) is 0.333. The molecule has 0 aliphatic heterocycles. The highest BCUT2D eigenvalue weighted by molar-refractivity contribution is 6.18. The van der Waals surface area contributed by atoms with E-state index in [1.54, 1.807) is 36.5 Å². The minimum Gasteiger partial charge on any atom is -0.351 e. The Bertz CT molecular complexity index is 824. The number of pyridine rings is 1. The topological polar surface area (TPSA) is 54.3 Å². The largest absolute Gasteiger partial charge is 0.351 e. The molecule has 0 spiro atoms. The molecule has 0 fully saturated rings. The van der Waals surface area contributed by atoms with Gasteiger partial charge in [0.25, 0.3) is 11.5 Å². The summed E-state index contributed by atoms with van der Waals surface area (Å²) in [6.45, 7) is 7.56. The fourth-order valence-corrected chi connectivity index (χ4v) is 2.72. The predicted molar refractivity (Wildman–Crippen MR) is 107 cm³/mol. The van der Waals surface area contributed by atoms with Crippen LogP contribution in [0, 0.1) is 5.82 Å². The van der Waals surface area contributed by atoms with E-state index in [1.807, 2.05) is 0 Å². The third-order valence-electron chi connectivity index (χ3n) is 4.32.